The Labute approximate surface area is 147 Å². The minimum atomic E-state index is -0.226. The number of ether oxygens (including phenoxy) is 3. The predicted octanol–water partition coefficient (Wildman–Crippen LogP) is 3.57. The van der Waals surface area contributed by atoms with Crippen LogP contribution in [0.15, 0.2) is 48.5 Å². The van der Waals surface area contributed by atoms with Crippen molar-refractivity contribution in [3.05, 3.63) is 54.1 Å². The highest BCUT2D eigenvalue weighted by Gasteiger charge is 2.17. The van der Waals surface area contributed by atoms with Gasteiger partial charge in [-0.3, -0.25) is 4.79 Å². The summed E-state index contributed by atoms with van der Waals surface area (Å²) in [6, 6.07) is 15.0. The minimum absolute atomic E-state index is 0.0507. The molecule has 1 heterocycles. The number of nitrogens with one attached hydrogen (secondary N) is 1. The lowest BCUT2D eigenvalue weighted by molar-refractivity contribution is -0.118. The average molecular weight is 341 g/mol. The van der Waals surface area contributed by atoms with Crippen molar-refractivity contribution in [2.75, 3.05) is 25.1 Å². The second-order valence-electron chi connectivity index (χ2n) is 6.04. The molecule has 5 nitrogen and oxygen atoms in total. The van der Waals surface area contributed by atoms with Gasteiger partial charge in [0.15, 0.2) is 6.61 Å². The van der Waals surface area contributed by atoms with E-state index in [1.165, 1.54) is 0 Å². The van der Waals surface area contributed by atoms with Crippen molar-refractivity contribution in [1.82, 2.24) is 0 Å². The molecule has 1 amide bonds. The molecule has 1 aliphatic rings. The molecule has 0 radical (unpaired) electrons. The molecule has 1 atom stereocenters. The normalized spacial score (nSPS) is 16.4. The molecule has 0 bridgehead atoms. The fourth-order valence-corrected chi connectivity index (χ4v) is 2.70. The molecule has 5 heteroatoms. The summed E-state index contributed by atoms with van der Waals surface area (Å²) in [6.07, 6.45) is 2.22. The first-order valence-corrected chi connectivity index (χ1v) is 8.54. The van der Waals surface area contributed by atoms with Crippen LogP contribution in [0, 0.1) is 6.92 Å². The Hall–Kier alpha value is -2.53. The fraction of sp³-hybridized carbons (Fsp3) is 0.350. The molecule has 25 heavy (non-hydrogen) atoms. The molecule has 1 N–H and O–H groups in total. The fourth-order valence-electron chi connectivity index (χ4n) is 2.70. The van der Waals surface area contributed by atoms with Gasteiger partial charge in [0, 0.05) is 6.61 Å². The van der Waals surface area contributed by atoms with E-state index in [1.807, 2.05) is 55.5 Å². The van der Waals surface area contributed by atoms with Crippen LogP contribution < -0.4 is 14.8 Å². The molecule has 1 aliphatic heterocycles. The Kier molecular flexibility index (Phi) is 5.90. The molecule has 1 unspecified atom stereocenters. The SMILES string of the molecule is Cc1ccccc1OCC(=O)Nc1ccccc1OCC1CCCO1. The van der Waals surface area contributed by atoms with Crippen LogP contribution in [-0.4, -0.2) is 31.8 Å². The maximum atomic E-state index is 12.2. The topological polar surface area (TPSA) is 56.8 Å². The summed E-state index contributed by atoms with van der Waals surface area (Å²) in [7, 11) is 0. The molecule has 132 valence electrons. The van der Waals surface area contributed by atoms with E-state index in [1.54, 1.807) is 0 Å². The van der Waals surface area contributed by atoms with Gasteiger partial charge in [0.25, 0.3) is 5.91 Å². The monoisotopic (exact) mass is 341 g/mol. The highest BCUT2D eigenvalue weighted by Crippen LogP contribution is 2.25. The van der Waals surface area contributed by atoms with Gasteiger partial charge in [0.05, 0.1) is 11.8 Å². The van der Waals surface area contributed by atoms with Crippen LogP contribution in [-0.2, 0) is 9.53 Å². The zero-order chi connectivity index (χ0) is 17.5. The van der Waals surface area contributed by atoms with Crippen molar-refractivity contribution in [3.8, 4) is 11.5 Å². The lowest BCUT2D eigenvalue weighted by Gasteiger charge is -2.15. The second-order valence-corrected chi connectivity index (χ2v) is 6.04. The van der Waals surface area contributed by atoms with Crippen LogP contribution in [0.25, 0.3) is 0 Å². The Morgan fingerprint density at radius 2 is 1.88 bits per heavy atom. The number of para-hydroxylation sites is 3. The summed E-state index contributed by atoms with van der Waals surface area (Å²) in [4.78, 5) is 12.2. The first-order valence-electron chi connectivity index (χ1n) is 8.54. The summed E-state index contributed by atoms with van der Waals surface area (Å²) >= 11 is 0. The third-order valence-electron chi connectivity index (χ3n) is 4.06. The molecule has 3 rings (SSSR count). The molecule has 2 aromatic rings. The van der Waals surface area contributed by atoms with Crippen LogP contribution in [0.2, 0.25) is 0 Å². The highest BCUT2D eigenvalue weighted by atomic mass is 16.5. The van der Waals surface area contributed by atoms with Gasteiger partial charge >= 0.3 is 0 Å². The van der Waals surface area contributed by atoms with Crippen LogP contribution in [0.3, 0.4) is 0 Å². The molecule has 0 spiro atoms. The van der Waals surface area contributed by atoms with Crippen LogP contribution in [0.4, 0.5) is 5.69 Å². The lowest BCUT2D eigenvalue weighted by Crippen LogP contribution is -2.21. The number of carbonyl (C=O) groups excluding carboxylic acids is 1. The largest absolute Gasteiger partial charge is 0.489 e. The van der Waals surface area contributed by atoms with Gasteiger partial charge in [-0.25, -0.2) is 0 Å². The van der Waals surface area contributed by atoms with E-state index < -0.39 is 0 Å². The molecule has 1 fully saturated rings. The van der Waals surface area contributed by atoms with Crippen molar-refractivity contribution >= 4 is 11.6 Å². The highest BCUT2D eigenvalue weighted by molar-refractivity contribution is 5.93. The van der Waals surface area contributed by atoms with Gasteiger partial charge in [-0.05, 0) is 43.5 Å². The Morgan fingerprint density at radius 3 is 2.64 bits per heavy atom. The molecule has 1 saturated heterocycles. The van der Waals surface area contributed by atoms with Crippen LogP contribution >= 0.6 is 0 Å². The smallest absolute Gasteiger partial charge is 0.262 e. The number of benzene rings is 2. The maximum Gasteiger partial charge on any atom is 0.262 e. The predicted molar refractivity (Wildman–Crippen MR) is 96.2 cm³/mol. The molecule has 0 aromatic heterocycles. The van der Waals surface area contributed by atoms with Crippen molar-refractivity contribution in [1.29, 1.82) is 0 Å². The number of hydrogen-bond donors (Lipinski definition) is 1. The van der Waals surface area contributed by atoms with E-state index in [0.717, 1.165) is 25.0 Å². The lowest BCUT2D eigenvalue weighted by atomic mass is 10.2. The first kappa shape index (κ1) is 17.3. The minimum Gasteiger partial charge on any atom is -0.489 e. The number of hydrogen-bond acceptors (Lipinski definition) is 4. The van der Waals surface area contributed by atoms with E-state index in [0.29, 0.717) is 23.8 Å². The van der Waals surface area contributed by atoms with E-state index >= 15 is 0 Å². The summed E-state index contributed by atoms with van der Waals surface area (Å²) in [6.45, 7) is 3.18. The standard InChI is InChI=1S/C20H23NO4/c1-15-7-2-4-10-18(15)25-14-20(22)21-17-9-3-5-11-19(17)24-13-16-8-6-12-23-16/h2-5,7,9-11,16H,6,8,12-14H2,1H3,(H,21,22). The number of rotatable bonds is 7. The Morgan fingerprint density at radius 1 is 1.12 bits per heavy atom. The van der Waals surface area contributed by atoms with Gasteiger partial charge < -0.3 is 19.5 Å². The first-order chi connectivity index (χ1) is 12.2. The number of carbonyl (C=O) groups is 1. The van der Waals surface area contributed by atoms with Gasteiger partial charge in [-0.1, -0.05) is 30.3 Å². The van der Waals surface area contributed by atoms with E-state index in [-0.39, 0.29) is 18.6 Å². The summed E-state index contributed by atoms with van der Waals surface area (Å²) in [5.41, 5.74) is 1.63. The third kappa shape index (κ3) is 4.97. The second kappa shape index (κ2) is 8.53. The molecule has 2 aromatic carbocycles. The van der Waals surface area contributed by atoms with Crippen LogP contribution in [0.1, 0.15) is 18.4 Å². The zero-order valence-electron chi connectivity index (χ0n) is 14.4. The van der Waals surface area contributed by atoms with E-state index in [2.05, 4.69) is 5.32 Å². The summed E-state index contributed by atoms with van der Waals surface area (Å²) < 4.78 is 17.0. The third-order valence-corrected chi connectivity index (χ3v) is 4.06. The van der Waals surface area contributed by atoms with Crippen molar-refractivity contribution in [2.24, 2.45) is 0 Å². The molecule has 0 aliphatic carbocycles. The molecule has 0 saturated carbocycles. The Bertz CT molecular complexity index is 710. The summed E-state index contributed by atoms with van der Waals surface area (Å²) in [5.74, 6) is 1.12. The van der Waals surface area contributed by atoms with Gasteiger partial charge in [-0.2, -0.15) is 0 Å². The van der Waals surface area contributed by atoms with Crippen molar-refractivity contribution in [2.45, 2.75) is 25.9 Å². The van der Waals surface area contributed by atoms with E-state index in [9.17, 15) is 4.79 Å². The number of amides is 1. The van der Waals surface area contributed by atoms with Crippen molar-refractivity contribution < 1.29 is 19.0 Å². The average Bonchev–Trinajstić information content (AvgIpc) is 3.14. The summed E-state index contributed by atoms with van der Waals surface area (Å²) in [5, 5.41) is 2.85. The number of aryl methyl sites for hydroxylation is 1. The van der Waals surface area contributed by atoms with Gasteiger partial charge in [0.1, 0.15) is 18.1 Å². The Balaban J connectivity index is 1.54. The van der Waals surface area contributed by atoms with Gasteiger partial charge in [0.2, 0.25) is 0 Å². The van der Waals surface area contributed by atoms with E-state index in [4.69, 9.17) is 14.2 Å². The maximum absolute atomic E-state index is 12.2. The molecular weight excluding hydrogens is 318 g/mol. The van der Waals surface area contributed by atoms with Crippen molar-refractivity contribution in [3.63, 3.8) is 0 Å². The number of anilines is 1. The quantitative estimate of drug-likeness (QED) is 0.836. The van der Waals surface area contributed by atoms with Crippen LogP contribution in [0.5, 0.6) is 11.5 Å². The zero-order valence-corrected chi connectivity index (χ0v) is 14.4. The van der Waals surface area contributed by atoms with Gasteiger partial charge in [-0.15, -0.1) is 0 Å². The molecular formula is C20H23NO4.